The summed E-state index contributed by atoms with van der Waals surface area (Å²) < 4.78 is 0. The molecule has 4 amide bonds. The smallest absolute Gasteiger partial charge is 0.331 e. The van der Waals surface area contributed by atoms with E-state index in [2.05, 4.69) is 13.0 Å². The van der Waals surface area contributed by atoms with E-state index in [0.717, 1.165) is 19.3 Å². The van der Waals surface area contributed by atoms with E-state index < -0.39 is 6.04 Å². The number of amides is 4. The second kappa shape index (κ2) is 8.49. The standard InChI is InChI=1S/C29H26N4O3/c1-2-3-6-18-9-11-19(12-10-18)27(34)31-17-21-15-25(31)26-28(35)33(29(36)32(21)26)24-14-13-20(16-30)22-7-4-5-8-23(22)24/h4-5,7-14,21,25-26H,2-3,6,15,17H2,1H3. The Kier molecular flexibility index (Phi) is 5.26. The maximum atomic E-state index is 13.7. The topological polar surface area (TPSA) is 84.7 Å². The minimum absolute atomic E-state index is 0.0910. The monoisotopic (exact) mass is 478 g/mol. The number of unbranched alkanes of at least 4 members (excludes halogenated alkanes) is 1. The first-order valence-corrected chi connectivity index (χ1v) is 12.5. The van der Waals surface area contributed by atoms with Crippen molar-refractivity contribution in [1.29, 1.82) is 5.26 Å². The lowest BCUT2D eigenvalue weighted by atomic mass is 10.0. The van der Waals surface area contributed by atoms with Crippen molar-refractivity contribution < 1.29 is 14.4 Å². The van der Waals surface area contributed by atoms with Crippen LogP contribution in [0.5, 0.6) is 0 Å². The van der Waals surface area contributed by atoms with Gasteiger partial charge in [-0.25, -0.2) is 9.69 Å². The van der Waals surface area contributed by atoms with Crippen LogP contribution in [0.2, 0.25) is 0 Å². The van der Waals surface area contributed by atoms with Crippen molar-refractivity contribution in [2.24, 2.45) is 0 Å². The van der Waals surface area contributed by atoms with Crippen LogP contribution in [-0.4, -0.2) is 52.3 Å². The molecule has 0 aromatic heterocycles. The van der Waals surface area contributed by atoms with Gasteiger partial charge in [-0.3, -0.25) is 9.59 Å². The summed E-state index contributed by atoms with van der Waals surface area (Å²) in [6, 6.07) is 19.0. The normalized spacial score (nSPS) is 22.4. The minimum atomic E-state index is -0.682. The highest BCUT2D eigenvalue weighted by Crippen LogP contribution is 2.44. The molecule has 2 bridgehead atoms. The van der Waals surface area contributed by atoms with E-state index >= 15 is 0 Å². The van der Waals surface area contributed by atoms with Crippen LogP contribution in [0.15, 0.2) is 60.7 Å². The number of fused-ring (bicyclic) bond motifs is 6. The maximum Gasteiger partial charge on any atom is 0.332 e. The molecule has 3 atom stereocenters. The highest BCUT2D eigenvalue weighted by molar-refractivity contribution is 6.25. The molecule has 0 saturated carbocycles. The summed E-state index contributed by atoms with van der Waals surface area (Å²) >= 11 is 0. The van der Waals surface area contributed by atoms with Gasteiger partial charge in [-0.2, -0.15) is 5.26 Å². The van der Waals surface area contributed by atoms with Crippen LogP contribution in [-0.2, 0) is 11.2 Å². The van der Waals surface area contributed by atoms with E-state index in [4.69, 9.17) is 0 Å². The first kappa shape index (κ1) is 22.3. The lowest BCUT2D eigenvalue weighted by Gasteiger charge is -2.35. The van der Waals surface area contributed by atoms with E-state index in [-0.39, 0.29) is 29.9 Å². The molecule has 6 rings (SSSR count). The zero-order valence-electron chi connectivity index (χ0n) is 20.1. The number of imide groups is 1. The van der Waals surface area contributed by atoms with Crippen molar-refractivity contribution in [2.45, 2.75) is 50.7 Å². The number of urea groups is 1. The molecule has 3 aromatic rings. The largest absolute Gasteiger partial charge is 0.332 e. The van der Waals surface area contributed by atoms with Gasteiger partial charge in [0.1, 0.15) is 6.04 Å². The molecular weight excluding hydrogens is 452 g/mol. The first-order valence-electron chi connectivity index (χ1n) is 12.5. The Hall–Kier alpha value is -4.18. The molecular formula is C29H26N4O3. The molecule has 7 heteroatoms. The SMILES string of the molecule is CCCCc1ccc(C(=O)N2CC3CC2C2C(=O)N(c4ccc(C#N)c5ccccc45)C(=O)N32)cc1. The summed E-state index contributed by atoms with van der Waals surface area (Å²) in [6.07, 6.45) is 3.84. The van der Waals surface area contributed by atoms with Crippen LogP contribution in [0, 0.1) is 11.3 Å². The summed E-state index contributed by atoms with van der Waals surface area (Å²) in [4.78, 5) is 45.3. The Bertz CT molecular complexity index is 1440. The average molecular weight is 479 g/mol. The third kappa shape index (κ3) is 3.21. The number of carbonyl (C=O) groups is 3. The van der Waals surface area contributed by atoms with Crippen molar-refractivity contribution in [3.8, 4) is 6.07 Å². The van der Waals surface area contributed by atoms with Crippen LogP contribution >= 0.6 is 0 Å². The lowest BCUT2D eigenvalue weighted by molar-refractivity contribution is -0.121. The van der Waals surface area contributed by atoms with Gasteiger partial charge >= 0.3 is 6.03 Å². The number of rotatable bonds is 5. The number of likely N-dealkylation sites (tertiary alicyclic amines) is 1. The van der Waals surface area contributed by atoms with Gasteiger partial charge < -0.3 is 9.80 Å². The van der Waals surface area contributed by atoms with Crippen LogP contribution < -0.4 is 4.90 Å². The van der Waals surface area contributed by atoms with Crippen LogP contribution in [0.25, 0.3) is 10.8 Å². The van der Waals surface area contributed by atoms with Gasteiger partial charge in [-0.05, 0) is 49.1 Å². The molecule has 3 aliphatic rings. The highest BCUT2D eigenvalue weighted by atomic mass is 16.2. The summed E-state index contributed by atoms with van der Waals surface area (Å²) in [5, 5.41) is 10.9. The second-order valence-electron chi connectivity index (χ2n) is 9.81. The summed E-state index contributed by atoms with van der Waals surface area (Å²) in [5.41, 5.74) is 2.80. The van der Waals surface area contributed by atoms with E-state index in [1.165, 1.54) is 10.5 Å². The number of hydrogen-bond donors (Lipinski definition) is 0. The van der Waals surface area contributed by atoms with Crippen molar-refractivity contribution in [1.82, 2.24) is 9.80 Å². The number of carbonyl (C=O) groups excluding carboxylic acids is 3. The average Bonchev–Trinajstić information content (AvgIpc) is 3.58. The van der Waals surface area contributed by atoms with Crippen LogP contribution in [0.3, 0.4) is 0 Å². The van der Waals surface area contributed by atoms with Gasteiger partial charge in [0.15, 0.2) is 0 Å². The van der Waals surface area contributed by atoms with Gasteiger partial charge in [0.05, 0.1) is 29.4 Å². The maximum absolute atomic E-state index is 13.7. The molecule has 0 spiro atoms. The van der Waals surface area contributed by atoms with Crippen molar-refractivity contribution in [3.63, 3.8) is 0 Å². The molecule has 180 valence electrons. The molecule has 3 fully saturated rings. The molecule has 3 heterocycles. The number of anilines is 1. The zero-order chi connectivity index (χ0) is 25.0. The lowest BCUT2D eigenvalue weighted by Crippen LogP contribution is -2.54. The fourth-order valence-electron chi connectivity index (χ4n) is 6.05. The number of benzene rings is 3. The van der Waals surface area contributed by atoms with E-state index in [0.29, 0.717) is 40.6 Å². The zero-order valence-corrected chi connectivity index (χ0v) is 20.1. The predicted molar refractivity (Wildman–Crippen MR) is 135 cm³/mol. The molecule has 0 N–H and O–H groups in total. The molecule has 3 unspecified atom stereocenters. The van der Waals surface area contributed by atoms with Gasteiger partial charge in [0, 0.05) is 22.9 Å². The summed E-state index contributed by atoms with van der Waals surface area (Å²) in [7, 11) is 0. The highest BCUT2D eigenvalue weighted by Gasteiger charge is 2.63. The number of nitriles is 1. The fourth-order valence-corrected chi connectivity index (χ4v) is 6.05. The Labute approximate surface area is 209 Å². The Morgan fingerprint density at radius 1 is 1.03 bits per heavy atom. The Balaban J connectivity index is 1.29. The van der Waals surface area contributed by atoms with E-state index in [9.17, 15) is 19.6 Å². The summed E-state index contributed by atoms with van der Waals surface area (Å²) in [5.74, 6) is -0.401. The van der Waals surface area contributed by atoms with E-state index in [1.54, 1.807) is 21.9 Å². The van der Waals surface area contributed by atoms with Crippen molar-refractivity contribution in [3.05, 3.63) is 77.4 Å². The molecule has 3 aliphatic heterocycles. The van der Waals surface area contributed by atoms with Crippen LogP contribution in [0.4, 0.5) is 10.5 Å². The van der Waals surface area contributed by atoms with Crippen molar-refractivity contribution in [2.75, 3.05) is 11.4 Å². The molecule has 7 nitrogen and oxygen atoms in total. The Morgan fingerprint density at radius 3 is 2.50 bits per heavy atom. The number of nitrogens with zero attached hydrogens (tertiary/aromatic N) is 4. The third-order valence-corrected chi connectivity index (χ3v) is 7.81. The fraction of sp³-hybridized carbons (Fsp3) is 0.310. The first-order chi connectivity index (χ1) is 17.5. The summed E-state index contributed by atoms with van der Waals surface area (Å²) in [6.45, 7) is 2.59. The quantitative estimate of drug-likeness (QED) is 0.506. The molecule has 0 radical (unpaired) electrons. The van der Waals surface area contributed by atoms with Gasteiger partial charge in [0.25, 0.3) is 11.8 Å². The molecule has 3 saturated heterocycles. The number of piperazine rings is 1. The van der Waals surface area contributed by atoms with Crippen molar-refractivity contribution >= 4 is 34.3 Å². The van der Waals surface area contributed by atoms with E-state index in [1.807, 2.05) is 48.5 Å². The minimum Gasteiger partial charge on any atom is -0.331 e. The Morgan fingerprint density at radius 2 is 1.78 bits per heavy atom. The number of aryl methyl sites for hydroxylation is 1. The predicted octanol–water partition coefficient (Wildman–Crippen LogP) is 4.49. The molecule has 3 aromatic carbocycles. The third-order valence-electron chi connectivity index (χ3n) is 7.81. The molecule has 36 heavy (non-hydrogen) atoms. The van der Waals surface area contributed by atoms with Crippen LogP contribution in [0.1, 0.15) is 47.7 Å². The van der Waals surface area contributed by atoms with Gasteiger partial charge in [0.2, 0.25) is 0 Å². The van der Waals surface area contributed by atoms with Gasteiger partial charge in [-0.15, -0.1) is 0 Å². The van der Waals surface area contributed by atoms with Gasteiger partial charge in [-0.1, -0.05) is 49.7 Å². The second-order valence-corrected chi connectivity index (χ2v) is 9.81. The molecule has 0 aliphatic carbocycles. The number of hydrogen-bond acceptors (Lipinski definition) is 4.